The van der Waals surface area contributed by atoms with Crippen molar-refractivity contribution in [1.82, 2.24) is 4.98 Å². The second-order valence-electron chi connectivity index (χ2n) is 5.88. The van der Waals surface area contributed by atoms with Crippen LogP contribution in [0.3, 0.4) is 0 Å². The predicted octanol–water partition coefficient (Wildman–Crippen LogP) is 4.69. The van der Waals surface area contributed by atoms with E-state index in [1.54, 1.807) is 19.2 Å². The molecule has 2 aromatic carbocycles. The number of aromatic nitrogens is 1. The second kappa shape index (κ2) is 6.42. The number of carbonyl (C=O) groups is 1. The van der Waals surface area contributed by atoms with Crippen molar-refractivity contribution in [2.24, 2.45) is 0 Å². The second-order valence-corrected chi connectivity index (χ2v) is 6.32. The number of aromatic amines is 1. The van der Waals surface area contributed by atoms with Crippen LogP contribution in [0.2, 0.25) is 5.02 Å². The van der Waals surface area contributed by atoms with Crippen molar-refractivity contribution < 1.29 is 19.0 Å². The van der Waals surface area contributed by atoms with Crippen molar-refractivity contribution in [3.8, 4) is 33.9 Å². The number of benzene rings is 2. The molecule has 0 saturated carbocycles. The van der Waals surface area contributed by atoms with Gasteiger partial charge in [0, 0.05) is 21.7 Å². The molecule has 5 nitrogen and oxygen atoms in total. The van der Waals surface area contributed by atoms with Crippen LogP contribution in [0.5, 0.6) is 11.5 Å². The maximum absolute atomic E-state index is 12.4. The van der Waals surface area contributed by atoms with Gasteiger partial charge < -0.3 is 19.2 Å². The van der Waals surface area contributed by atoms with Crippen molar-refractivity contribution in [2.75, 3.05) is 14.2 Å². The van der Waals surface area contributed by atoms with E-state index in [1.165, 1.54) is 7.11 Å². The molecule has 0 atom stereocenters. The molecule has 2 heterocycles. The topological polar surface area (TPSA) is 60.6 Å². The summed E-state index contributed by atoms with van der Waals surface area (Å²) in [7, 11) is 2.93. The molecule has 0 amide bonds. The smallest absolute Gasteiger partial charge is 0.355 e. The van der Waals surface area contributed by atoms with Crippen LogP contribution >= 0.6 is 11.6 Å². The summed E-state index contributed by atoms with van der Waals surface area (Å²) >= 11 is 6.24. The van der Waals surface area contributed by atoms with Crippen LogP contribution in [0.1, 0.15) is 16.1 Å². The first-order valence-electron chi connectivity index (χ1n) is 8.02. The number of hydrogen-bond donors (Lipinski definition) is 1. The van der Waals surface area contributed by atoms with E-state index in [0.29, 0.717) is 28.6 Å². The van der Waals surface area contributed by atoms with E-state index in [9.17, 15) is 4.79 Å². The molecular formula is C20H16ClNO4. The molecule has 0 aliphatic carbocycles. The summed E-state index contributed by atoms with van der Waals surface area (Å²) in [6.07, 6.45) is 0. The van der Waals surface area contributed by atoms with E-state index in [-0.39, 0.29) is 0 Å². The largest absolute Gasteiger partial charge is 0.497 e. The van der Waals surface area contributed by atoms with Crippen LogP contribution in [0.25, 0.3) is 22.4 Å². The van der Waals surface area contributed by atoms with E-state index >= 15 is 0 Å². The quantitative estimate of drug-likeness (QED) is 0.680. The number of nitrogens with one attached hydrogen (secondary N) is 1. The van der Waals surface area contributed by atoms with Gasteiger partial charge in [-0.25, -0.2) is 4.79 Å². The molecular weight excluding hydrogens is 354 g/mol. The van der Waals surface area contributed by atoms with Gasteiger partial charge in [0.15, 0.2) is 0 Å². The zero-order valence-corrected chi connectivity index (χ0v) is 15.0. The Morgan fingerprint density at radius 3 is 2.77 bits per heavy atom. The lowest BCUT2D eigenvalue weighted by atomic mass is 9.96. The van der Waals surface area contributed by atoms with Crippen molar-refractivity contribution in [1.29, 1.82) is 0 Å². The Balaban J connectivity index is 2.00. The van der Waals surface area contributed by atoms with Gasteiger partial charge in [-0.15, -0.1) is 0 Å². The Morgan fingerprint density at radius 2 is 2.00 bits per heavy atom. The highest BCUT2D eigenvalue weighted by Crippen LogP contribution is 2.44. The van der Waals surface area contributed by atoms with Gasteiger partial charge >= 0.3 is 5.97 Å². The number of para-hydroxylation sites is 1. The monoisotopic (exact) mass is 369 g/mol. The van der Waals surface area contributed by atoms with Crippen LogP contribution in [0, 0.1) is 0 Å². The first-order valence-corrected chi connectivity index (χ1v) is 8.40. The van der Waals surface area contributed by atoms with E-state index < -0.39 is 5.97 Å². The van der Waals surface area contributed by atoms with Crippen LogP contribution in [-0.4, -0.2) is 25.2 Å². The van der Waals surface area contributed by atoms with E-state index in [2.05, 4.69) is 4.98 Å². The average Bonchev–Trinajstić information content (AvgIpc) is 3.06. The molecule has 0 bridgehead atoms. The van der Waals surface area contributed by atoms with Crippen LogP contribution < -0.4 is 9.47 Å². The highest BCUT2D eigenvalue weighted by molar-refractivity contribution is 6.31. The number of esters is 1. The standard InChI is InChI=1S/C20H16ClNO4/c1-24-13-8-11(7-12(21)9-13)17-15-10-26-16-6-4-3-5-14(16)18(15)22-19(17)20(23)25-2/h3-9,22H,10H2,1-2H3. The number of halogens is 1. The predicted molar refractivity (Wildman–Crippen MR) is 98.9 cm³/mol. The van der Waals surface area contributed by atoms with Crippen LogP contribution in [-0.2, 0) is 11.3 Å². The first-order chi connectivity index (χ1) is 12.6. The van der Waals surface area contributed by atoms with Gasteiger partial charge in [0.2, 0.25) is 0 Å². The van der Waals surface area contributed by atoms with Gasteiger partial charge in [-0.1, -0.05) is 23.7 Å². The number of ether oxygens (including phenoxy) is 3. The van der Waals surface area contributed by atoms with Gasteiger partial charge in [0.25, 0.3) is 0 Å². The van der Waals surface area contributed by atoms with Gasteiger partial charge in [-0.2, -0.15) is 0 Å². The third-order valence-corrected chi connectivity index (χ3v) is 4.64. The fourth-order valence-corrected chi connectivity index (χ4v) is 3.49. The van der Waals surface area contributed by atoms with Gasteiger partial charge in [0.1, 0.15) is 23.8 Å². The number of methoxy groups -OCH3 is 2. The highest BCUT2D eigenvalue weighted by Gasteiger charge is 2.29. The number of H-pyrrole nitrogens is 1. The Labute approximate surface area is 155 Å². The summed E-state index contributed by atoms with van der Waals surface area (Å²) in [6, 6.07) is 13.0. The third-order valence-electron chi connectivity index (χ3n) is 4.42. The molecule has 4 rings (SSSR count). The molecule has 1 aliphatic rings. The molecule has 26 heavy (non-hydrogen) atoms. The summed E-state index contributed by atoms with van der Waals surface area (Å²) in [5, 5.41) is 0.516. The average molecular weight is 370 g/mol. The molecule has 6 heteroatoms. The minimum absolute atomic E-state index is 0.337. The van der Waals surface area contributed by atoms with Crippen molar-refractivity contribution in [3.05, 3.63) is 58.7 Å². The van der Waals surface area contributed by atoms with Crippen LogP contribution in [0.4, 0.5) is 0 Å². The molecule has 0 radical (unpaired) electrons. The Morgan fingerprint density at radius 1 is 1.19 bits per heavy atom. The molecule has 0 fully saturated rings. The van der Waals surface area contributed by atoms with E-state index in [0.717, 1.165) is 28.1 Å². The fraction of sp³-hybridized carbons (Fsp3) is 0.150. The molecule has 0 spiro atoms. The third kappa shape index (κ3) is 2.61. The summed E-state index contributed by atoms with van der Waals surface area (Å²) in [6.45, 7) is 0.337. The molecule has 1 N–H and O–H groups in total. The van der Waals surface area contributed by atoms with Crippen molar-refractivity contribution in [2.45, 2.75) is 6.61 Å². The van der Waals surface area contributed by atoms with E-state index in [1.807, 2.05) is 30.3 Å². The highest BCUT2D eigenvalue weighted by atomic mass is 35.5. The van der Waals surface area contributed by atoms with Crippen molar-refractivity contribution >= 4 is 17.6 Å². The minimum Gasteiger partial charge on any atom is -0.497 e. The SMILES string of the molecule is COC(=O)c1[nH]c2c(c1-c1cc(Cl)cc(OC)c1)COc1ccccc1-2. The lowest BCUT2D eigenvalue weighted by Gasteiger charge is -2.18. The summed E-state index contributed by atoms with van der Waals surface area (Å²) in [5.41, 5.74) is 4.47. The molecule has 132 valence electrons. The number of rotatable bonds is 3. The summed E-state index contributed by atoms with van der Waals surface area (Å²) in [5.74, 6) is 0.925. The molecule has 0 saturated heterocycles. The lowest BCUT2D eigenvalue weighted by Crippen LogP contribution is -2.05. The van der Waals surface area contributed by atoms with Gasteiger partial charge in [-0.3, -0.25) is 0 Å². The zero-order valence-electron chi connectivity index (χ0n) is 14.3. The maximum atomic E-state index is 12.4. The van der Waals surface area contributed by atoms with Gasteiger partial charge in [0.05, 0.1) is 19.9 Å². The van der Waals surface area contributed by atoms with Crippen molar-refractivity contribution in [3.63, 3.8) is 0 Å². The van der Waals surface area contributed by atoms with Gasteiger partial charge in [-0.05, 0) is 35.9 Å². The molecule has 0 unspecified atom stereocenters. The molecule has 3 aromatic rings. The Bertz CT molecular complexity index is 1010. The van der Waals surface area contributed by atoms with E-state index in [4.69, 9.17) is 25.8 Å². The number of fused-ring (bicyclic) bond motifs is 3. The fourth-order valence-electron chi connectivity index (χ4n) is 3.26. The number of hydrogen-bond acceptors (Lipinski definition) is 4. The normalized spacial score (nSPS) is 12.0. The number of carbonyl (C=O) groups excluding carboxylic acids is 1. The Hall–Kier alpha value is -2.92. The maximum Gasteiger partial charge on any atom is 0.355 e. The first kappa shape index (κ1) is 16.5. The molecule has 1 aliphatic heterocycles. The lowest BCUT2D eigenvalue weighted by molar-refractivity contribution is 0.0596. The Kier molecular flexibility index (Phi) is 4.09. The van der Waals surface area contributed by atoms with Crippen LogP contribution in [0.15, 0.2) is 42.5 Å². The molecule has 1 aromatic heterocycles. The zero-order chi connectivity index (χ0) is 18.3. The summed E-state index contributed by atoms with van der Waals surface area (Å²) < 4.78 is 16.2. The minimum atomic E-state index is -0.453. The summed E-state index contributed by atoms with van der Waals surface area (Å²) in [4.78, 5) is 15.6.